The zero-order valence-corrected chi connectivity index (χ0v) is 17.4. The van der Waals surface area contributed by atoms with Gasteiger partial charge in [0, 0.05) is 25.2 Å². The van der Waals surface area contributed by atoms with Crippen LogP contribution in [0.2, 0.25) is 0 Å². The van der Waals surface area contributed by atoms with Crippen LogP contribution in [0, 0.1) is 25.6 Å². The molecule has 2 aromatic rings. The molecule has 1 saturated heterocycles. The molecule has 1 aliphatic rings. The minimum absolute atomic E-state index is 0.0341. The second-order valence-corrected chi connectivity index (χ2v) is 7.90. The van der Waals surface area contributed by atoms with Crippen molar-refractivity contribution in [1.29, 1.82) is 0 Å². The SMILES string of the molecule is Cc1cccc(N2CC(C(=O)NCC(c3cccc(F)c3)N(C)C)CC2=O)c1C. The highest BCUT2D eigenvalue weighted by Crippen LogP contribution is 2.29. The molecule has 29 heavy (non-hydrogen) atoms. The lowest BCUT2D eigenvalue weighted by Crippen LogP contribution is -2.38. The van der Waals surface area contributed by atoms with Gasteiger partial charge in [-0.1, -0.05) is 24.3 Å². The maximum absolute atomic E-state index is 13.6. The summed E-state index contributed by atoms with van der Waals surface area (Å²) in [6.07, 6.45) is 0.200. The molecule has 0 spiro atoms. The Hall–Kier alpha value is -2.73. The summed E-state index contributed by atoms with van der Waals surface area (Å²) in [5.41, 5.74) is 3.85. The van der Waals surface area contributed by atoms with Gasteiger partial charge >= 0.3 is 0 Å². The Balaban J connectivity index is 1.66. The van der Waals surface area contributed by atoms with Crippen molar-refractivity contribution >= 4 is 17.5 Å². The summed E-state index contributed by atoms with van der Waals surface area (Å²) in [5.74, 6) is -0.869. The van der Waals surface area contributed by atoms with Gasteiger partial charge in [-0.25, -0.2) is 4.39 Å². The number of nitrogens with one attached hydrogen (secondary N) is 1. The van der Waals surface area contributed by atoms with Crippen molar-refractivity contribution in [1.82, 2.24) is 10.2 Å². The zero-order valence-electron chi connectivity index (χ0n) is 17.4. The fourth-order valence-corrected chi connectivity index (χ4v) is 3.80. The van der Waals surface area contributed by atoms with Crippen LogP contribution in [-0.2, 0) is 9.59 Å². The van der Waals surface area contributed by atoms with Crippen LogP contribution in [0.1, 0.15) is 29.2 Å². The first-order valence-corrected chi connectivity index (χ1v) is 9.84. The smallest absolute Gasteiger partial charge is 0.227 e. The van der Waals surface area contributed by atoms with E-state index in [1.54, 1.807) is 11.0 Å². The van der Waals surface area contributed by atoms with E-state index in [1.807, 2.05) is 57.1 Å². The number of anilines is 1. The number of nitrogens with zero attached hydrogens (tertiary/aromatic N) is 2. The summed E-state index contributed by atoms with van der Waals surface area (Å²) < 4.78 is 13.6. The van der Waals surface area contributed by atoms with Gasteiger partial charge in [-0.15, -0.1) is 0 Å². The maximum atomic E-state index is 13.6. The lowest BCUT2D eigenvalue weighted by atomic mass is 10.0. The molecule has 1 aliphatic heterocycles. The largest absolute Gasteiger partial charge is 0.354 e. The lowest BCUT2D eigenvalue weighted by molar-refractivity contribution is -0.126. The number of carbonyl (C=O) groups excluding carboxylic acids is 2. The number of hydrogen-bond acceptors (Lipinski definition) is 3. The molecule has 3 rings (SSSR count). The number of hydrogen-bond donors (Lipinski definition) is 1. The van der Waals surface area contributed by atoms with Gasteiger partial charge in [0.2, 0.25) is 11.8 Å². The monoisotopic (exact) mass is 397 g/mol. The molecule has 2 atom stereocenters. The molecule has 2 unspecified atom stereocenters. The summed E-state index contributed by atoms with van der Waals surface area (Å²) in [7, 11) is 3.78. The standard InChI is InChI=1S/C23H28FN3O2/c1-15-7-5-10-20(16(15)2)27-14-18(12-22(27)28)23(29)25-13-21(26(3)4)17-8-6-9-19(24)11-17/h5-11,18,21H,12-14H2,1-4H3,(H,25,29). The van der Waals surface area contributed by atoms with E-state index in [1.165, 1.54) is 12.1 Å². The van der Waals surface area contributed by atoms with Crippen molar-refractivity contribution < 1.29 is 14.0 Å². The van der Waals surface area contributed by atoms with E-state index in [0.29, 0.717) is 13.1 Å². The fraction of sp³-hybridized carbons (Fsp3) is 0.391. The second kappa shape index (κ2) is 8.74. The number of amides is 2. The average molecular weight is 397 g/mol. The van der Waals surface area contributed by atoms with E-state index in [2.05, 4.69) is 5.32 Å². The van der Waals surface area contributed by atoms with E-state index in [9.17, 15) is 14.0 Å². The third-order valence-electron chi connectivity index (χ3n) is 5.69. The van der Waals surface area contributed by atoms with E-state index < -0.39 is 5.92 Å². The Labute approximate surface area is 171 Å². The van der Waals surface area contributed by atoms with Crippen molar-refractivity contribution in [3.8, 4) is 0 Å². The normalized spacial score (nSPS) is 17.7. The quantitative estimate of drug-likeness (QED) is 0.814. The predicted octanol–water partition coefficient (Wildman–Crippen LogP) is 3.21. The highest BCUT2D eigenvalue weighted by Gasteiger charge is 2.36. The number of halogens is 1. The van der Waals surface area contributed by atoms with Crippen LogP contribution in [0.4, 0.5) is 10.1 Å². The number of likely N-dealkylation sites (N-methyl/N-ethyl adjacent to an activating group) is 1. The Morgan fingerprint density at radius 1 is 1.24 bits per heavy atom. The molecule has 5 nitrogen and oxygen atoms in total. The summed E-state index contributed by atoms with van der Waals surface area (Å²) in [6.45, 7) is 4.73. The van der Waals surface area contributed by atoms with E-state index in [-0.39, 0.29) is 30.1 Å². The average Bonchev–Trinajstić information content (AvgIpc) is 3.05. The zero-order chi connectivity index (χ0) is 21.1. The molecule has 6 heteroatoms. The van der Waals surface area contributed by atoms with Crippen molar-refractivity contribution in [3.05, 3.63) is 65.0 Å². The predicted molar refractivity (Wildman–Crippen MR) is 112 cm³/mol. The van der Waals surface area contributed by atoms with Crippen LogP contribution < -0.4 is 10.2 Å². The van der Waals surface area contributed by atoms with Crippen molar-refractivity contribution in [3.63, 3.8) is 0 Å². The van der Waals surface area contributed by atoms with Gasteiger partial charge in [0.25, 0.3) is 0 Å². The van der Waals surface area contributed by atoms with Gasteiger partial charge in [0.1, 0.15) is 5.82 Å². The van der Waals surface area contributed by atoms with Gasteiger partial charge < -0.3 is 15.1 Å². The molecular weight excluding hydrogens is 369 g/mol. The molecule has 1 fully saturated rings. The minimum atomic E-state index is -0.391. The van der Waals surface area contributed by atoms with Gasteiger partial charge in [0.15, 0.2) is 0 Å². The lowest BCUT2D eigenvalue weighted by Gasteiger charge is -2.26. The molecule has 154 valence electrons. The molecule has 0 radical (unpaired) electrons. The topological polar surface area (TPSA) is 52.7 Å². The van der Waals surface area contributed by atoms with Crippen molar-refractivity contribution in [2.75, 3.05) is 32.1 Å². The third-order valence-corrected chi connectivity index (χ3v) is 5.69. The molecule has 2 amide bonds. The molecule has 1 heterocycles. The number of benzene rings is 2. The van der Waals surface area contributed by atoms with Crippen LogP contribution in [0.15, 0.2) is 42.5 Å². The Kier molecular flexibility index (Phi) is 6.33. The summed E-state index contributed by atoms with van der Waals surface area (Å²) in [4.78, 5) is 29.0. The number of aryl methyl sites for hydroxylation is 1. The molecule has 0 aromatic heterocycles. The fourth-order valence-electron chi connectivity index (χ4n) is 3.80. The summed E-state index contributed by atoms with van der Waals surface area (Å²) in [6, 6.07) is 12.1. The van der Waals surface area contributed by atoms with Crippen LogP contribution in [-0.4, -0.2) is 43.9 Å². The molecule has 0 bridgehead atoms. The van der Waals surface area contributed by atoms with Crippen LogP contribution in [0.3, 0.4) is 0 Å². The second-order valence-electron chi connectivity index (χ2n) is 7.90. The van der Waals surface area contributed by atoms with Gasteiger partial charge in [0.05, 0.1) is 12.0 Å². The molecular formula is C23H28FN3O2. The molecule has 0 saturated carbocycles. The molecule has 0 aliphatic carbocycles. The first kappa shape index (κ1) is 21.0. The maximum Gasteiger partial charge on any atom is 0.227 e. The summed E-state index contributed by atoms with van der Waals surface area (Å²) >= 11 is 0. The summed E-state index contributed by atoms with van der Waals surface area (Å²) in [5, 5.41) is 2.96. The first-order valence-electron chi connectivity index (χ1n) is 9.84. The van der Waals surface area contributed by atoms with Crippen molar-refractivity contribution in [2.45, 2.75) is 26.3 Å². The molecule has 2 aromatic carbocycles. The van der Waals surface area contributed by atoms with E-state index in [4.69, 9.17) is 0 Å². The number of carbonyl (C=O) groups is 2. The van der Waals surface area contributed by atoms with E-state index in [0.717, 1.165) is 22.4 Å². The highest BCUT2D eigenvalue weighted by molar-refractivity contribution is 6.00. The first-order chi connectivity index (χ1) is 13.8. The van der Waals surface area contributed by atoms with Crippen molar-refractivity contribution in [2.24, 2.45) is 5.92 Å². The van der Waals surface area contributed by atoms with Crippen LogP contribution in [0.5, 0.6) is 0 Å². The highest BCUT2D eigenvalue weighted by atomic mass is 19.1. The van der Waals surface area contributed by atoms with Gasteiger partial charge in [-0.3, -0.25) is 9.59 Å². The Morgan fingerprint density at radius 3 is 2.66 bits per heavy atom. The van der Waals surface area contributed by atoms with Crippen LogP contribution >= 0.6 is 0 Å². The number of rotatable bonds is 6. The van der Waals surface area contributed by atoms with Gasteiger partial charge in [-0.2, -0.15) is 0 Å². The van der Waals surface area contributed by atoms with Crippen LogP contribution in [0.25, 0.3) is 0 Å². The van der Waals surface area contributed by atoms with E-state index >= 15 is 0 Å². The van der Waals surface area contributed by atoms with Gasteiger partial charge in [-0.05, 0) is 62.8 Å². The third kappa shape index (κ3) is 4.65. The minimum Gasteiger partial charge on any atom is -0.354 e. The Morgan fingerprint density at radius 2 is 1.97 bits per heavy atom. The molecule has 1 N–H and O–H groups in total. The Bertz CT molecular complexity index is 913.